The van der Waals surface area contributed by atoms with Crippen LogP contribution in [0.3, 0.4) is 0 Å². The van der Waals surface area contributed by atoms with Gasteiger partial charge in [-0.05, 0) is 12.5 Å². The molecule has 0 fully saturated rings. The molecule has 0 radical (unpaired) electrons. The van der Waals surface area contributed by atoms with Crippen molar-refractivity contribution in [3.05, 3.63) is 35.4 Å². The van der Waals surface area contributed by atoms with Crippen molar-refractivity contribution >= 4 is 31.9 Å². The van der Waals surface area contributed by atoms with Gasteiger partial charge in [-0.1, -0.05) is 61.7 Å². The van der Waals surface area contributed by atoms with Crippen molar-refractivity contribution in [2.45, 2.75) is 19.6 Å². The maximum absolute atomic E-state index is 5.67. The zero-order valence-electron chi connectivity index (χ0n) is 8.17. The Hall–Kier alpha value is 0.140. The molecule has 0 heterocycles. The molecule has 1 nitrogen and oxygen atoms in total. The zero-order valence-corrected chi connectivity index (χ0v) is 11.3. The molecule has 0 N–H and O–H groups in total. The molecule has 0 unspecified atom stereocenters. The van der Waals surface area contributed by atoms with Crippen LogP contribution in [0.5, 0.6) is 0 Å². The van der Waals surface area contributed by atoms with Crippen molar-refractivity contribution in [3.8, 4) is 0 Å². The van der Waals surface area contributed by atoms with Gasteiger partial charge in [0.1, 0.15) is 0 Å². The summed E-state index contributed by atoms with van der Waals surface area (Å²) in [6.45, 7) is 2.77. The van der Waals surface area contributed by atoms with Gasteiger partial charge in [-0.25, -0.2) is 0 Å². The first-order valence-electron chi connectivity index (χ1n) is 4.55. The summed E-state index contributed by atoms with van der Waals surface area (Å²) in [6.07, 6.45) is 0.247. The lowest BCUT2D eigenvalue weighted by Gasteiger charge is -2.12. The summed E-state index contributed by atoms with van der Waals surface area (Å²) in [5, 5.41) is 1.73. The van der Waals surface area contributed by atoms with Crippen LogP contribution in [-0.4, -0.2) is 16.8 Å². The summed E-state index contributed by atoms with van der Waals surface area (Å²) >= 11 is 6.81. The number of benzene rings is 1. The van der Waals surface area contributed by atoms with E-state index in [4.69, 9.17) is 4.74 Å². The SMILES string of the molecule is Cc1ccc(COC(CBr)CBr)cc1. The second-order valence-electron chi connectivity index (χ2n) is 3.23. The molecular formula is C11H14Br2O. The minimum Gasteiger partial charge on any atom is -0.372 e. The summed E-state index contributed by atoms with van der Waals surface area (Å²) in [4.78, 5) is 0. The summed E-state index contributed by atoms with van der Waals surface area (Å²) in [7, 11) is 0. The van der Waals surface area contributed by atoms with Crippen LogP contribution < -0.4 is 0 Å². The third kappa shape index (κ3) is 4.11. The molecular weight excluding hydrogens is 308 g/mol. The lowest BCUT2D eigenvalue weighted by molar-refractivity contribution is 0.0733. The van der Waals surface area contributed by atoms with Gasteiger partial charge >= 0.3 is 0 Å². The highest BCUT2D eigenvalue weighted by Gasteiger charge is 2.04. The van der Waals surface area contributed by atoms with Gasteiger partial charge in [0.05, 0.1) is 12.7 Å². The molecule has 14 heavy (non-hydrogen) atoms. The standard InChI is InChI=1S/C11H14Br2O/c1-9-2-4-10(5-3-9)8-14-11(6-12)7-13/h2-5,11H,6-8H2,1H3. The first-order valence-corrected chi connectivity index (χ1v) is 6.79. The van der Waals surface area contributed by atoms with Crippen LogP contribution in [0.1, 0.15) is 11.1 Å². The quantitative estimate of drug-likeness (QED) is 0.752. The fourth-order valence-electron chi connectivity index (χ4n) is 1.03. The fourth-order valence-corrected chi connectivity index (χ4v) is 2.47. The molecule has 0 bridgehead atoms. The van der Waals surface area contributed by atoms with Crippen LogP contribution >= 0.6 is 31.9 Å². The highest BCUT2D eigenvalue weighted by molar-refractivity contribution is 9.09. The molecule has 3 heteroatoms. The predicted molar refractivity (Wildman–Crippen MR) is 67.3 cm³/mol. The van der Waals surface area contributed by atoms with Gasteiger partial charge in [0.2, 0.25) is 0 Å². The maximum Gasteiger partial charge on any atom is 0.0773 e. The molecule has 0 aromatic heterocycles. The largest absolute Gasteiger partial charge is 0.372 e. The normalized spacial score (nSPS) is 10.9. The molecule has 0 aliphatic heterocycles. The number of aryl methyl sites for hydroxylation is 1. The summed E-state index contributed by atoms with van der Waals surface area (Å²) in [5.74, 6) is 0. The Morgan fingerprint density at radius 1 is 1.14 bits per heavy atom. The number of alkyl halides is 2. The van der Waals surface area contributed by atoms with Crippen molar-refractivity contribution in [1.82, 2.24) is 0 Å². The second kappa shape index (κ2) is 6.59. The first kappa shape index (κ1) is 12.2. The van der Waals surface area contributed by atoms with E-state index in [-0.39, 0.29) is 6.10 Å². The van der Waals surface area contributed by atoms with Crippen LogP contribution in [0.25, 0.3) is 0 Å². The van der Waals surface area contributed by atoms with Gasteiger partial charge in [0.25, 0.3) is 0 Å². The second-order valence-corrected chi connectivity index (χ2v) is 4.52. The van der Waals surface area contributed by atoms with E-state index < -0.39 is 0 Å². The first-order chi connectivity index (χ1) is 6.76. The maximum atomic E-state index is 5.67. The van der Waals surface area contributed by atoms with E-state index in [1.165, 1.54) is 11.1 Å². The highest BCUT2D eigenvalue weighted by atomic mass is 79.9. The van der Waals surface area contributed by atoms with E-state index in [9.17, 15) is 0 Å². The van der Waals surface area contributed by atoms with E-state index in [2.05, 4.69) is 63.0 Å². The molecule has 0 amide bonds. The molecule has 0 saturated heterocycles. The van der Waals surface area contributed by atoms with E-state index in [0.717, 1.165) is 10.7 Å². The van der Waals surface area contributed by atoms with E-state index in [0.29, 0.717) is 6.61 Å². The van der Waals surface area contributed by atoms with Gasteiger partial charge < -0.3 is 4.74 Å². The number of ether oxygens (including phenoxy) is 1. The Morgan fingerprint density at radius 2 is 1.71 bits per heavy atom. The molecule has 1 aromatic rings. The van der Waals surface area contributed by atoms with Crippen LogP contribution in [-0.2, 0) is 11.3 Å². The van der Waals surface area contributed by atoms with Crippen molar-refractivity contribution in [1.29, 1.82) is 0 Å². The summed E-state index contributed by atoms with van der Waals surface area (Å²) in [5.41, 5.74) is 2.51. The third-order valence-electron chi connectivity index (χ3n) is 1.95. The van der Waals surface area contributed by atoms with Crippen LogP contribution in [0.15, 0.2) is 24.3 Å². The van der Waals surface area contributed by atoms with Gasteiger partial charge in [0.15, 0.2) is 0 Å². The lowest BCUT2D eigenvalue weighted by Crippen LogP contribution is -2.15. The average molecular weight is 322 g/mol. The minimum atomic E-state index is 0.247. The topological polar surface area (TPSA) is 9.23 Å². The Morgan fingerprint density at radius 3 is 2.21 bits per heavy atom. The lowest BCUT2D eigenvalue weighted by atomic mass is 10.2. The van der Waals surface area contributed by atoms with Gasteiger partial charge in [-0.2, -0.15) is 0 Å². The van der Waals surface area contributed by atoms with Crippen molar-refractivity contribution in [2.24, 2.45) is 0 Å². The van der Waals surface area contributed by atoms with E-state index in [1.54, 1.807) is 0 Å². The monoisotopic (exact) mass is 320 g/mol. The summed E-state index contributed by atoms with van der Waals surface area (Å²) in [6, 6.07) is 8.43. The van der Waals surface area contributed by atoms with Crippen molar-refractivity contribution in [3.63, 3.8) is 0 Å². The third-order valence-corrected chi connectivity index (χ3v) is 3.39. The van der Waals surface area contributed by atoms with Gasteiger partial charge in [-0.15, -0.1) is 0 Å². The zero-order chi connectivity index (χ0) is 10.4. The number of hydrogen-bond donors (Lipinski definition) is 0. The molecule has 0 spiro atoms. The smallest absolute Gasteiger partial charge is 0.0773 e. The summed E-state index contributed by atoms with van der Waals surface area (Å²) < 4.78 is 5.67. The molecule has 1 aromatic carbocycles. The Kier molecular flexibility index (Phi) is 5.75. The number of halogens is 2. The molecule has 1 rings (SSSR count). The van der Waals surface area contributed by atoms with Crippen LogP contribution in [0.2, 0.25) is 0 Å². The van der Waals surface area contributed by atoms with E-state index in [1.807, 2.05) is 0 Å². The molecule has 0 aliphatic carbocycles. The van der Waals surface area contributed by atoms with Crippen LogP contribution in [0.4, 0.5) is 0 Å². The number of hydrogen-bond acceptors (Lipinski definition) is 1. The Labute approximate surface area is 102 Å². The van der Waals surface area contributed by atoms with Gasteiger partial charge in [-0.3, -0.25) is 0 Å². The Balaban J connectivity index is 2.41. The van der Waals surface area contributed by atoms with Gasteiger partial charge in [0, 0.05) is 10.7 Å². The van der Waals surface area contributed by atoms with E-state index >= 15 is 0 Å². The van der Waals surface area contributed by atoms with Crippen LogP contribution in [0, 0.1) is 6.92 Å². The molecule has 0 aliphatic rings. The molecule has 0 saturated carbocycles. The molecule has 0 atom stereocenters. The molecule has 78 valence electrons. The van der Waals surface area contributed by atoms with Crippen molar-refractivity contribution in [2.75, 3.05) is 10.7 Å². The Bertz CT molecular complexity index is 254. The predicted octanol–water partition coefficient (Wildman–Crippen LogP) is 3.67. The minimum absolute atomic E-state index is 0.247. The fraction of sp³-hybridized carbons (Fsp3) is 0.455. The average Bonchev–Trinajstić information content (AvgIpc) is 2.22. The highest BCUT2D eigenvalue weighted by Crippen LogP contribution is 2.08. The van der Waals surface area contributed by atoms with Crippen molar-refractivity contribution < 1.29 is 4.74 Å². The number of rotatable bonds is 5.